The summed E-state index contributed by atoms with van der Waals surface area (Å²) in [6, 6.07) is 11.4. The van der Waals surface area contributed by atoms with Crippen LogP contribution in [0.1, 0.15) is 12.0 Å². The quantitative estimate of drug-likeness (QED) is 0.573. The topological polar surface area (TPSA) is 94.7 Å². The summed E-state index contributed by atoms with van der Waals surface area (Å²) in [7, 11) is 1.62. The Bertz CT molecular complexity index is 1100. The molecule has 0 bridgehead atoms. The van der Waals surface area contributed by atoms with E-state index < -0.39 is 0 Å². The van der Waals surface area contributed by atoms with E-state index in [1.807, 2.05) is 42.6 Å². The number of methoxy groups -OCH3 is 1. The van der Waals surface area contributed by atoms with Gasteiger partial charge in [0.1, 0.15) is 30.0 Å². The van der Waals surface area contributed by atoms with Crippen molar-refractivity contribution in [2.75, 3.05) is 32.2 Å². The molecule has 2 aliphatic rings. The fourth-order valence-corrected chi connectivity index (χ4v) is 4.00. The number of rotatable bonds is 6. The lowest BCUT2D eigenvalue weighted by molar-refractivity contribution is -0.121. The molecule has 33 heavy (non-hydrogen) atoms. The number of aromatic nitrogens is 2. The second-order valence-corrected chi connectivity index (χ2v) is 7.98. The van der Waals surface area contributed by atoms with Crippen LogP contribution >= 0.6 is 13.5 Å². The van der Waals surface area contributed by atoms with E-state index in [0.29, 0.717) is 37.7 Å². The van der Waals surface area contributed by atoms with Gasteiger partial charge in [0.2, 0.25) is 5.91 Å². The summed E-state index contributed by atoms with van der Waals surface area (Å²) < 4.78 is 22.8. The lowest BCUT2D eigenvalue weighted by Crippen LogP contribution is -2.32. The maximum atomic E-state index is 13.1. The number of anilines is 1. The third-order valence-electron chi connectivity index (χ3n) is 5.80. The van der Waals surface area contributed by atoms with Crippen LogP contribution in [0.5, 0.6) is 17.2 Å². The lowest BCUT2D eigenvalue weighted by Gasteiger charge is -2.25. The molecule has 2 N–H and O–H groups in total. The minimum atomic E-state index is -0.314. The second-order valence-electron chi connectivity index (χ2n) is 7.98. The maximum Gasteiger partial charge on any atom is 0.231 e. The van der Waals surface area contributed by atoms with Crippen molar-refractivity contribution in [2.45, 2.75) is 18.9 Å². The van der Waals surface area contributed by atoms with Crippen LogP contribution in [0.2, 0.25) is 0 Å². The van der Waals surface area contributed by atoms with Gasteiger partial charge in [0, 0.05) is 18.2 Å². The average molecular weight is 470 g/mol. The lowest BCUT2D eigenvalue weighted by atomic mass is 9.95. The Balaban J connectivity index is 0.00000259. The maximum absolute atomic E-state index is 13.1. The van der Waals surface area contributed by atoms with Crippen molar-refractivity contribution < 1.29 is 23.7 Å². The second kappa shape index (κ2) is 10.2. The predicted molar refractivity (Wildman–Crippen MR) is 129 cm³/mol. The number of carbonyl (C=O) groups excluding carboxylic acids is 1. The molecule has 3 heterocycles. The molecule has 2 atom stereocenters. The third-order valence-corrected chi connectivity index (χ3v) is 5.80. The number of aromatic amines is 1. The first-order valence-electron chi connectivity index (χ1n) is 10.7. The molecule has 2 aliphatic heterocycles. The van der Waals surface area contributed by atoms with Gasteiger partial charge in [-0.25, -0.2) is 0 Å². The standard InChI is InChI=1S/C24H25N3O5.H2S/c1-29-19-3-5-22-16(9-19)8-17(13-31-22)24(28)27-21-4-2-15(18-11-25-26-12-18)10-23(21)32-20-6-7-30-14-20;/h2-5,9-12,17,20H,6-8,13-14H2,1H3,(H,25,26)(H,27,28);1H2/t17?,20-;/m0./s1. The van der Waals surface area contributed by atoms with Crippen LogP contribution in [-0.2, 0) is 16.0 Å². The highest BCUT2D eigenvalue weighted by molar-refractivity contribution is 7.59. The first-order chi connectivity index (χ1) is 15.7. The Hall–Kier alpha value is -3.17. The van der Waals surface area contributed by atoms with Crippen molar-refractivity contribution >= 4 is 25.1 Å². The minimum Gasteiger partial charge on any atom is -0.497 e. The largest absolute Gasteiger partial charge is 0.497 e. The summed E-state index contributed by atoms with van der Waals surface area (Å²) in [4.78, 5) is 13.1. The zero-order valence-corrected chi connectivity index (χ0v) is 19.3. The summed E-state index contributed by atoms with van der Waals surface area (Å²) in [5.74, 6) is 1.74. The number of amides is 1. The van der Waals surface area contributed by atoms with Gasteiger partial charge in [-0.2, -0.15) is 18.6 Å². The summed E-state index contributed by atoms with van der Waals surface area (Å²) in [5, 5.41) is 9.89. The molecule has 1 saturated heterocycles. The van der Waals surface area contributed by atoms with Gasteiger partial charge in [-0.3, -0.25) is 9.89 Å². The third kappa shape index (κ3) is 5.09. The molecule has 0 spiro atoms. The molecule has 1 fully saturated rings. The first-order valence-corrected chi connectivity index (χ1v) is 10.7. The molecular weight excluding hydrogens is 442 g/mol. The van der Waals surface area contributed by atoms with Gasteiger partial charge < -0.3 is 24.3 Å². The number of nitrogens with zero attached hydrogens (tertiary/aromatic N) is 1. The summed E-state index contributed by atoms with van der Waals surface area (Å²) in [6.45, 7) is 1.54. The monoisotopic (exact) mass is 469 g/mol. The average Bonchev–Trinajstić information content (AvgIpc) is 3.54. The van der Waals surface area contributed by atoms with E-state index in [-0.39, 0.29) is 31.4 Å². The Labute approximate surface area is 199 Å². The number of hydrogen-bond acceptors (Lipinski definition) is 6. The van der Waals surface area contributed by atoms with Crippen molar-refractivity contribution in [3.63, 3.8) is 0 Å². The Kier molecular flexibility index (Phi) is 7.10. The van der Waals surface area contributed by atoms with Crippen LogP contribution in [0.4, 0.5) is 5.69 Å². The number of fused-ring (bicyclic) bond motifs is 1. The van der Waals surface area contributed by atoms with Gasteiger partial charge in [-0.1, -0.05) is 6.07 Å². The first kappa shape index (κ1) is 23.0. The van der Waals surface area contributed by atoms with Crippen LogP contribution in [0.3, 0.4) is 0 Å². The molecule has 2 aromatic carbocycles. The van der Waals surface area contributed by atoms with Crippen molar-refractivity contribution in [3.05, 3.63) is 54.4 Å². The van der Waals surface area contributed by atoms with E-state index in [1.165, 1.54) is 0 Å². The molecule has 0 saturated carbocycles. The van der Waals surface area contributed by atoms with E-state index in [0.717, 1.165) is 34.6 Å². The normalized spacial score (nSPS) is 19.1. The fraction of sp³-hybridized carbons (Fsp3) is 0.333. The summed E-state index contributed by atoms with van der Waals surface area (Å²) in [6.07, 6.45) is 4.93. The number of benzene rings is 2. The Morgan fingerprint density at radius 3 is 2.85 bits per heavy atom. The molecule has 9 heteroatoms. The molecular formula is C24H27N3O5S. The highest BCUT2D eigenvalue weighted by Crippen LogP contribution is 2.34. The molecule has 174 valence electrons. The molecule has 3 aromatic rings. The predicted octanol–water partition coefficient (Wildman–Crippen LogP) is 3.56. The smallest absolute Gasteiger partial charge is 0.231 e. The molecule has 8 nitrogen and oxygen atoms in total. The fourth-order valence-electron chi connectivity index (χ4n) is 4.00. The van der Waals surface area contributed by atoms with Gasteiger partial charge in [0.05, 0.1) is 38.1 Å². The number of H-pyrrole nitrogens is 1. The number of hydrogen-bond donors (Lipinski definition) is 2. The molecule has 1 unspecified atom stereocenters. The van der Waals surface area contributed by atoms with Crippen LogP contribution in [-0.4, -0.2) is 49.1 Å². The van der Waals surface area contributed by atoms with Crippen LogP contribution in [0, 0.1) is 5.92 Å². The van der Waals surface area contributed by atoms with Crippen molar-refractivity contribution in [1.82, 2.24) is 10.2 Å². The highest BCUT2D eigenvalue weighted by atomic mass is 32.1. The zero-order valence-electron chi connectivity index (χ0n) is 18.3. The minimum absolute atomic E-state index is 0. The van der Waals surface area contributed by atoms with Crippen LogP contribution in [0.25, 0.3) is 11.1 Å². The molecule has 1 aromatic heterocycles. The Morgan fingerprint density at radius 2 is 2.09 bits per heavy atom. The SMILES string of the molecule is COc1ccc2c(c1)CC(C(=O)Nc1ccc(-c3cn[nH]c3)cc1O[C@H]1CCOC1)CO2.S. The number of carbonyl (C=O) groups is 1. The number of ether oxygens (including phenoxy) is 4. The van der Waals surface area contributed by atoms with Gasteiger partial charge >= 0.3 is 0 Å². The molecule has 5 rings (SSSR count). The van der Waals surface area contributed by atoms with Gasteiger partial charge in [-0.15, -0.1) is 0 Å². The zero-order chi connectivity index (χ0) is 21.9. The van der Waals surface area contributed by atoms with Gasteiger partial charge in [0.25, 0.3) is 0 Å². The van der Waals surface area contributed by atoms with Crippen LogP contribution < -0.4 is 19.5 Å². The van der Waals surface area contributed by atoms with E-state index in [1.54, 1.807) is 13.3 Å². The van der Waals surface area contributed by atoms with Crippen LogP contribution in [0.15, 0.2) is 48.8 Å². The number of nitrogens with one attached hydrogen (secondary N) is 2. The van der Waals surface area contributed by atoms with E-state index in [9.17, 15) is 4.79 Å². The van der Waals surface area contributed by atoms with E-state index in [2.05, 4.69) is 15.5 Å². The van der Waals surface area contributed by atoms with E-state index in [4.69, 9.17) is 18.9 Å². The van der Waals surface area contributed by atoms with Crippen molar-refractivity contribution in [3.8, 4) is 28.4 Å². The van der Waals surface area contributed by atoms with Gasteiger partial charge in [-0.05, 0) is 47.9 Å². The van der Waals surface area contributed by atoms with E-state index >= 15 is 0 Å². The summed E-state index contributed by atoms with van der Waals surface area (Å²) in [5.41, 5.74) is 3.49. The highest BCUT2D eigenvalue weighted by Gasteiger charge is 2.28. The molecule has 0 aliphatic carbocycles. The molecule has 0 radical (unpaired) electrons. The summed E-state index contributed by atoms with van der Waals surface area (Å²) >= 11 is 0. The molecule has 1 amide bonds. The van der Waals surface area contributed by atoms with Gasteiger partial charge in [0.15, 0.2) is 0 Å². The Morgan fingerprint density at radius 1 is 1.18 bits per heavy atom. The van der Waals surface area contributed by atoms with Crippen molar-refractivity contribution in [2.24, 2.45) is 5.92 Å². The van der Waals surface area contributed by atoms with Crippen molar-refractivity contribution in [1.29, 1.82) is 0 Å².